The van der Waals surface area contributed by atoms with Gasteiger partial charge in [0.2, 0.25) is 0 Å². The van der Waals surface area contributed by atoms with Crippen molar-refractivity contribution < 1.29 is 0 Å². The van der Waals surface area contributed by atoms with Gasteiger partial charge < -0.3 is 4.57 Å². The van der Waals surface area contributed by atoms with Crippen LogP contribution in [0.25, 0.3) is 10.8 Å². The Morgan fingerprint density at radius 1 is 1.18 bits per heavy atom. The van der Waals surface area contributed by atoms with Crippen molar-refractivity contribution >= 4 is 22.4 Å². The molecular weight excluding hydrogens is 234 g/mol. The minimum Gasteiger partial charge on any atom is -0.318 e. The summed E-state index contributed by atoms with van der Waals surface area (Å²) in [5.74, 6) is 0. The maximum atomic E-state index is 12.0. The first-order valence-electron chi connectivity index (χ1n) is 5.60. The summed E-state index contributed by atoms with van der Waals surface area (Å²) >= 11 is 6.02. The Kier molecular flexibility index (Phi) is 2.78. The van der Waals surface area contributed by atoms with Crippen molar-refractivity contribution in [2.45, 2.75) is 26.2 Å². The van der Waals surface area contributed by atoms with E-state index < -0.39 is 0 Å². The molecule has 0 aliphatic heterocycles. The predicted octanol–water partition coefficient (Wildman–Crippen LogP) is 3.49. The van der Waals surface area contributed by atoms with Crippen molar-refractivity contribution in [3.05, 3.63) is 45.3 Å². The number of rotatable bonds is 0. The quantitative estimate of drug-likeness (QED) is 0.701. The Balaban J connectivity index is 2.99. The molecule has 0 unspecified atom stereocenters. The van der Waals surface area contributed by atoms with Gasteiger partial charge in [0.15, 0.2) is 0 Å². The molecule has 3 heteroatoms. The zero-order valence-corrected chi connectivity index (χ0v) is 11.3. The highest BCUT2D eigenvalue weighted by atomic mass is 35.5. The van der Waals surface area contributed by atoms with Crippen LogP contribution >= 0.6 is 11.6 Å². The molecule has 1 aromatic carbocycles. The Labute approximate surface area is 106 Å². The lowest BCUT2D eigenvalue weighted by Crippen LogP contribution is -2.22. The summed E-state index contributed by atoms with van der Waals surface area (Å²) in [5.41, 5.74) is 1.13. The van der Waals surface area contributed by atoms with E-state index in [0.717, 1.165) is 16.3 Å². The second-order valence-electron chi connectivity index (χ2n) is 5.40. The van der Waals surface area contributed by atoms with Crippen molar-refractivity contribution in [1.29, 1.82) is 0 Å². The standard InChI is InChI=1S/C14H16ClNO/c1-14(2,3)12-8-16(4)13(17)10-6-5-9(15)7-11(10)12/h5-8H,1-4H3. The van der Waals surface area contributed by atoms with Gasteiger partial charge in [-0.05, 0) is 34.6 Å². The molecule has 0 spiro atoms. The van der Waals surface area contributed by atoms with Crippen molar-refractivity contribution in [2.75, 3.05) is 0 Å². The molecule has 0 amide bonds. The lowest BCUT2D eigenvalue weighted by atomic mass is 9.85. The maximum absolute atomic E-state index is 12.0. The second kappa shape index (κ2) is 3.88. The van der Waals surface area contributed by atoms with Crippen molar-refractivity contribution in [1.82, 2.24) is 4.57 Å². The minimum atomic E-state index is -0.0195. The molecule has 2 aromatic rings. The maximum Gasteiger partial charge on any atom is 0.258 e. The third-order valence-electron chi connectivity index (χ3n) is 2.95. The van der Waals surface area contributed by atoms with Gasteiger partial charge in [0.05, 0.1) is 0 Å². The Morgan fingerprint density at radius 2 is 1.82 bits per heavy atom. The van der Waals surface area contributed by atoms with Crippen LogP contribution in [0.2, 0.25) is 5.02 Å². The van der Waals surface area contributed by atoms with Gasteiger partial charge in [0.25, 0.3) is 5.56 Å². The van der Waals surface area contributed by atoms with Gasteiger partial charge in [-0.15, -0.1) is 0 Å². The molecule has 90 valence electrons. The Hall–Kier alpha value is -1.28. The van der Waals surface area contributed by atoms with Crippen molar-refractivity contribution in [3.63, 3.8) is 0 Å². The fourth-order valence-electron chi connectivity index (χ4n) is 2.04. The average Bonchev–Trinajstić information content (AvgIpc) is 2.21. The van der Waals surface area contributed by atoms with Gasteiger partial charge in [-0.2, -0.15) is 0 Å². The topological polar surface area (TPSA) is 22.0 Å². The van der Waals surface area contributed by atoms with E-state index in [1.165, 1.54) is 0 Å². The average molecular weight is 250 g/mol. The van der Waals surface area contributed by atoms with E-state index in [1.807, 2.05) is 12.3 Å². The Bertz CT molecular complexity index is 635. The molecule has 0 aliphatic rings. The normalized spacial score (nSPS) is 12.1. The van der Waals surface area contributed by atoms with Crippen LogP contribution in [0.1, 0.15) is 26.3 Å². The summed E-state index contributed by atoms with van der Waals surface area (Å²) < 4.78 is 1.64. The lowest BCUT2D eigenvalue weighted by Gasteiger charge is -2.22. The third kappa shape index (κ3) is 2.09. The minimum absolute atomic E-state index is 0.0182. The van der Waals surface area contributed by atoms with Crippen LogP contribution in [0.3, 0.4) is 0 Å². The molecular formula is C14H16ClNO. The van der Waals surface area contributed by atoms with Crippen LogP contribution < -0.4 is 5.56 Å². The predicted molar refractivity (Wildman–Crippen MR) is 72.9 cm³/mol. The van der Waals surface area contributed by atoms with E-state index in [1.54, 1.807) is 23.7 Å². The highest BCUT2D eigenvalue weighted by Crippen LogP contribution is 2.29. The number of aryl methyl sites for hydroxylation is 1. The number of benzene rings is 1. The molecule has 0 fully saturated rings. The number of hydrogen-bond donors (Lipinski definition) is 0. The Morgan fingerprint density at radius 3 is 2.41 bits per heavy atom. The SMILES string of the molecule is Cn1cc(C(C)(C)C)c2cc(Cl)ccc2c1=O. The molecule has 0 saturated heterocycles. The van der Waals surface area contributed by atoms with Gasteiger partial charge in [0, 0.05) is 23.7 Å². The molecule has 0 radical (unpaired) electrons. The van der Waals surface area contributed by atoms with E-state index in [2.05, 4.69) is 20.8 Å². The summed E-state index contributed by atoms with van der Waals surface area (Å²) in [7, 11) is 1.78. The summed E-state index contributed by atoms with van der Waals surface area (Å²) in [4.78, 5) is 12.0. The zero-order chi connectivity index (χ0) is 12.8. The fraction of sp³-hybridized carbons (Fsp3) is 0.357. The van der Waals surface area contributed by atoms with Gasteiger partial charge in [-0.3, -0.25) is 4.79 Å². The molecule has 17 heavy (non-hydrogen) atoms. The van der Waals surface area contributed by atoms with Gasteiger partial charge in [0.1, 0.15) is 0 Å². The number of fused-ring (bicyclic) bond motifs is 1. The molecule has 2 rings (SSSR count). The van der Waals surface area contributed by atoms with Gasteiger partial charge in [-0.25, -0.2) is 0 Å². The van der Waals surface area contributed by atoms with E-state index in [4.69, 9.17) is 11.6 Å². The number of pyridine rings is 1. The smallest absolute Gasteiger partial charge is 0.258 e. The first-order chi connectivity index (χ1) is 7.80. The lowest BCUT2D eigenvalue weighted by molar-refractivity contribution is 0.587. The number of hydrogen-bond acceptors (Lipinski definition) is 1. The monoisotopic (exact) mass is 249 g/mol. The number of nitrogens with zero attached hydrogens (tertiary/aromatic N) is 1. The first-order valence-corrected chi connectivity index (χ1v) is 5.98. The highest BCUT2D eigenvalue weighted by molar-refractivity contribution is 6.31. The highest BCUT2D eigenvalue weighted by Gasteiger charge is 2.19. The molecule has 0 bridgehead atoms. The number of halogens is 1. The molecule has 1 aromatic heterocycles. The van der Waals surface area contributed by atoms with Crippen LogP contribution in [0.4, 0.5) is 0 Å². The second-order valence-corrected chi connectivity index (χ2v) is 5.84. The van der Waals surface area contributed by atoms with E-state index in [0.29, 0.717) is 5.02 Å². The van der Waals surface area contributed by atoms with Gasteiger partial charge in [-0.1, -0.05) is 32.4 Å². The van der Waals surface area contributed by atoms with E-state index >= 15 is 0 Å². The summed E-state index contributed by atoms with van der Waals surface area (Å²) in [6.45, 7) is 6.40. The van der Waals surface area contributed by atoms with E-state index in [9.17, 15) is 4.79 Å². The van der Waals surface area contributed by atoms with Crippen LogP contribution in [0.5, 0.6) is 0 Å². The molecule has 0 N–H and O–H groups in total. The first kappa shape index (κ1) is 12.2. The molecule has 1 heterocycles. The van der Waals surface area contributed by atoms with Crippen LogP contribution in [-0.4, -0.2) is 4.57 Å². The molecule has 2 nitrogen and oxygen atoms in total. The van der Waals surface area contributed by atoms with Crippen molar-refractivity contribution in [3.8, 4) is 0 Å². The molecule has 0 aliphatic carbocycles. The van der Waals surface area contributed by atoms with Crippen LogP contribution in [-0.2, 0) is 12.5 Å². The largest absolute Gasteiger partial charge is 0.318 e. The zero-order valence-electron chi connectivity index (χ0n) is 10.5. The molecule has 0 atom stereocenters. The van der Waals surface area contributed by atoms with Crippen molar-refractivity contribution in [2.24, 2.45) is 7.05 Å². The summed E-state index contributed by atoms with van der Waals surface area (Å²) in [6, 6.07) is 5.44. The fourth-order valence-corrected chi connectivity index (χ4v) is 2.21. The van der Waals surface area contributed by atoms with Crippen LogP contribution in [0, 0.1) is 0 Å². The summed E-state index contributed by atoms with van der Waals surface area (Å²) in [5, 5.41) is 2.34. The van der Waals surface area contributed by atoms with E-state index in [-0.39, 0.29) is 11.0 Å². The van der Waals surface area contributed by atoms with Gasteiger partial charge >= 0.3 is 0 Å². The summed E-state index contributed by atoms with van der Waals surface area (Å²) in [6.07, 6.45) is 1.90. The van der Waals surface area contributed by atoms with Crippen LogP contribution in [0.15, 0.2) is 29.2 Å². The third-order valence-corrected chi connectivity index (χ3v) is 3.19. The molecule has 0 saturated carbocycles. The number of aromatic nitrogens is 1.